The van der Waals surface area contributed by atoms with E-state index >= 15 is 0 Å². The highest BCUT2D eigenvalue weighted by molar-refractivity contribution is 5.77. The Hall–Kier alpha value is -0.610. The lowest BCUT2D eigenvalue weighted by Gasteiger charge is -2.28. The van der Waals surface area contributed by atoms with Crippen molar-refractivity contribution in [2.24, 2.45) is 5.92 Å². The van der Waals surface area contributed by atoms with Crippen molar-refractivity contribution in [2.75, 3.05) is 20.2 Å². The molecule has 0 radical (unpaired) electrons. The van der Waals surface area contributed by atoms with E-state index in [1.807, 2.05) is 7.05 Å². The summed E-state index contributed by atoms with van der Waals surface area (Å²) in [6.45, 7) is 1.08. The fourth-order valence-corrected chi connectivity index (χ4v) is 2.34. The van der Waals surface area contributed by atoms with Crippen molar-refractivity contribution in [1.29, 1.82) is 0 Å². The Bertz CT molecular complexity index is 246. The minimum Gasteiger partial charge on any atom is -0.368 e. The van der Waals surface area contributed by atoms with Crippen LogP contribution in [0.25, 0.3) is 0 Å². The number of carbonyl (C=O) groups excluding carboxylic acids is 1. The van der Waals surface area contributed by atoms with E-state index in [2.05, 4.69) is 10.6 Å². The number of rotatable bonds is 6. The molecular weight excluding hydrogens is 216 g/mol. The Kier molecular flexibility index (Phi) is 4.80. The summed E-state index contributed by atoms with van der Waals surface area (Å²) in [6, 6.07) is 0.638. The molecule has 0 atom stereocenters. The first-order valence-electron chi connectivity index (χ1n) is 6.83. The third kappa shape index (κ3) is 4.64. The number of nitrogens with one attached hydrogen (secondary N) is 2. The summed E-state index contributed by atoms with van der Waals surface area (Å²) in [5.41, 5.74) is 0. The molecule has 0 aliphatic heterocycles. The molecule has 2 N–H and O–H groups in total. The highest BCUT2D eigenvalue weighted by Gasteiger charge is 2.23. The van der Waals surface area contributed by atoms with E-state index in [4.69, 9.17) is 4.74 Å². The van der Waals surface area contributed by atoms with Gasteiger partial charge < -0.3 is 15.4 Å². The smallest absolute Gasteiger partial charge is 0.246 e. The Morgan fingerprint density at radius 3 is 2.47 bits per heavy atom. The van der Waals surface area contributed by atoms with Crippen molar-refractivity contribution in [3.63, 3.8) is 0 Å². The standard InChI is InChI=1S/C13H24N2O2/c1-14-11-4-6-12(7-5-11)17-9-13(16)15-8-10-2-3-10/h10-12,14H,2-9H2,1H3,(H,15,16). The van der Waals surface area contributed by atoms with Crippen LogP contribution in [0.1, 0.15) is 38.5 Å². The quantitative estimate of drug-likeness (QED) is 0.730. The minimum absolute atomic E-state index is 0.0487. The summed E-state index contributed by atoms with van der Waals surface area (Å²) < 4.78 is 5.65. The average Bonchev–Trinajstić information content (AvgIpc) is 3.18. The molecule has 0 saturated heterocycles. The molecule has 2 saturated carbocycles. The van der Waals surface area contributed by atoms with E-state index < -0.39 is 0 Å². The number of hydrogen-bond acceptors (Lipinski definition) is 3. The zero-order chi connectivity index (χ0) is 12.1. The molecule has 0 unspecified atom stereocenters. The van der Waals surface area contributed by atoms with E-state index in [0.29, 0.717) is 6.04 Å². The summed E-state index contributed by atoms with van der Waals surface area (Å²) in [7, 11) is 2.01. The van der Waals surface area contributed by atoms with Crippen molar-refractivity contribution in [2.45, 2.75) is 50.7 Å². The Morgan fingerprint density at radius 2 is 1.88 bits per heavy atom. The van der Waals surface area contributed by atoms with Gasteiger partial charge >= 0.3 is 0 Å². The lowest BCUT2D eigenvalue weighted by atomic mass is 9.93. The highest BCUT2D eigenvalue weighted by atomic mass is 16.5. The molecule has 2 fully saturated rings. The van der Waals surface area contributed by atoms with Crippen molar-refractivity contribution in [3.8, 4) is 0 Å². The Morgan fingerprint density at radius 1 is 1.18 bits per heavy atom. The maximum Gasteiger partial charge on any atom is 0.246 e. The molecule has 0 aromatic carbocycles. The largest absolute Gasteiger partial charge is 0.368 e. The monoisotopic (exact) mass is 240 g/mol. The van der Waals surface area contributed by atoms with Crippen LogP contribution in [0.3, 0.4) is 0 Å². The average molecular weight is 240 g/mol. The predicted molar refractivity (Wildman–Crippen MR) is 66.8 cm³/mol. The number of ether oxygens (including phenoxy) is 1. The van der Waals surface area contributed by atoms with Crippen LogP contribution < -0.4 is 10.6 Å². The van der Waals surface area contributed by atoms with Crippen LogP contribution in [0.4, 0.5) is 0 Å². The molecule has 98 valence electrons. The summed E-state index contributed by atoms with van der Waals surface area (Å²) in [4.78, 5) is 11.5. The van der Waals surface area contributed by atoms with Crippen molar-refractivity contribution >= 4 is 5.91 Å². The summed E-state index contributed by atoms with van der Waals surface area (Å²) in [5.74, 6) is 0.789. The minimum atomic E-state index is 0.0487. The van der Waals surface area contributed by atoms with Gasteiger partial charge in [-0.25, -0.2) is 0 Å². The van der Waals surface area contributed by atoms with Gasteiger partial charge in [-0.2, -0.15) is 0 Å². The molecule has 17 heavy (non-hydrogen) atoms. The summed E-state index contributed by atoms with van der Waals surface area (Å²) in [5, 5.41) is 6.22. The highest BCUT2D eigenvalue weighted by Crippen LogP contribution is 2.27. The van der Waals surface area contributed by atoms with E-state index in [9.17, 15) is 4.79 Å². The van der Waals surface area contributed by atoms with E-state index in [1.54, 1.807) is 0 Å². The molecule has 0 aromatic rings. The number of carbonyl (C=O) groups is 1. The first-order valence-corrected chi connectivity index (χ1v) is 6.83. The fourth-order valence-electron chi connectivity index (χ4n) is 2.34. The molecule has 4 heteroatoms. The first-order chi connectivity index (χ1) is 8.28. The van der Waals surface area contributed by atoms with Gasteiger partial charge in [0.2, 0.25) is 5.91 Å². The van der Waals surface area contributed by atoms with Crippen LogP contribution in [-0.2, 0) is 9.53 Å². The second-order valence-corrected chi connectivity index (χ2v) is 5.32. The summed E-state index contributed by atoms with van der Waals surface area (Å²) in [6.07, 6.45) is 7.29. The third-order valence-electron chi connectivity index (χ3n) is 3.82. The maximum absolute atomic E-state index is 11.5. The maximum atomic E-state index is 11.5. The van der Waals surface area contributed by atoms with Gasteiger partial charge in [0.15, 0.2) is 0 Å². The van der Waals surface area contributed by atoms with Gasteiger partial charge in [-0.15, -0.1) is 0 Å². The molecule has 2 rings (SSSR count). The number of amides is 1. The normalized spacial score (nSPS) is 29.0. The van der Waals surface area contributed by atoms with Gasteiger partial charge in [-0.3, -0.25) is 4.79 Å². The molecule has 2 aliphatic carbocycles. The zero-order valence-electron chi connectivity index (χ0n) is 10.7. The van der Waals surface area contributed by atoms with Crippen LogP contribution in [-0.4, -0.2) is 38.3 Å². The molecule has 2 aliphatic rings. The van der Waals surface area contributed by atoms with Gasteiger partial charge in [-0.05, 0) is 51.5 Å². The van der Waals surface area contributed by atoms with Gasteiger partial charge in [-0.1, -0.05) is 0 Å². The second-order valence-electron chi connectivity index (χ2n) is 5.32. The zero-order valence-corrected chi connectivity index (χ0v) is 10.7. The molecular formula is C13H24N2O2. The molecule has 1 amide bonds. The molecule has 0 heterocycles. The van der Waals surface area contributed by atoms with Gasteiger partial charge in [0.1, 0.15) is 6.61 Å². The number of hydrogen-bond donors (Lipinski definition) is 2. The third-order valence-corrected chi connectivity index (χ3v) is 3.82. The lowest BCUT2D eigenvalue weighted by molar-refractivity contribution is -0.128. The van der Waals surface area contributed by atoms with Crippen LogP contribution in [0.5, 0.6) is 0 Å². The molecule has 4 nitrogen and oxygen atoms in total. The second kappa shape index (κ2) is 6.36. The van der Waals surface area contributed by atoms with Gasteiger partial charge in [0.05, 0.1) is 6.10 Å². The van der Waals surface area contributed by atoms with Gasteiger partial charge in [0.25, 0.3) is 0 Å². The topological polar surface area (TPSA) is 50.4 Å². The van der Waals surface area contributed by atoms with E-state index in [1.165, 1.54) is 12.8 Å². The van der Waals surface area contributed by atoms with Crippen LogP contribution in [0.2, 0.25) is 0 Å². The SMILES string of the molecule is CNC1CCC(OCC(=O)NCC2CC2)CC1. The Labute approximate surface area is 103 Å². The van der Waals surface area contributed by atoms with Gasteiger partial charge in [0, 0.05) is 12.6 Å². The Balaban J connectivity index is 1.53. The fraction of sp³-hybridized carbons (Fsp3) is 0.923. The molecule has 0 spiro atoms. The van der Waals surface area contributed by atoms with E-state index in [-0.39, 0.29) is 18.6 Å². The van der Waals surface area contributed by atoms with Crippen LogP contribution in [0.15, 0.2) is 0 Å². The van der Waals surface area contributed by atoms with Crippen molar-refractivity contribution in [1.82, 2.24) is 10.6 Å². The van der Waals surface area contributed by atoms with Crippen LogP contribution in [0, 0.1) is 5.92 Å². The first kappa shape index (κ1) is 12.8. The molecule has 0 bridgehead atoms. The van der Waals surface area contributed by atoms with Crippen molar-refractivity contribution < 1.29 is 9.53 Å². The summed E-state index contributed by atoms with van der Waals surface area (Å²) >= 11 is 0. The predicted octanol–water partition coefficient (Wildman–Crippen LogP) is 1.06. The van der Waals surface area contributed by atoms with Crippen molar-refractivity contribution in [3.05, 3.63) is 0 Å². The van der Waals surface area contributed by atoms with Crippen LogP contribution >= 0.6 is 0 Å². The lowest BCUT2D eigenvalue weighted by Crippen LogP contribution is -2.35. The van der Waals surface area contributed by atoms with E-state index in [0.717, 1.165) is 38.1 Å². The molecule has 0 aromatic heterocycles.